The molecule has 0 saturated carbocycles. The number of allylic oxidation sites excluding steroid dienone is 1. The molecule has 1 amide bonds. The van der Waals surface area contributed by atoms with E-state index in [9.17, 15) is 4.79 Å². The van der Waals surface area contributed by atoms with Crippen molar-refractivity contribution < 1.29 is 14.1 Å². The SMILES string of the molecule is C=C(C)c1cccc(C(C)(C)NC(=O)OCCCCCCCCCC[n+]2ccccc2CCC)c1. The lowest BCUT2D eigenvalue weighted by Crippen LogP contribution is -2.41. The van der Waals surface area contributed by atoms with Crippen LogP contribution in [0.1, 0.15) is 102 Å². The van der Waals surface area contributed by atoms with Gasteiger partial charge in [-0.1, -0.05) is 75.4 Å². The fourth-order valence-electron chi connectivity index (χ4n) is 4.36. The van der Waals surface area contributed by atoms with E-state index >= 15 is 0 Å². The maximum Gasteiger partial charge on any atom is 0.407 e. The number of carbonyl (C=O) groups is 1. The molecule has 1 heterocycles. The Morgan fingerprint density at radius 2 is 1.66 bits per heavy atom. The molecule has 0 atom stereocenters. The number of aromatic nitrogens is 1. The third-order valence-corrected chi connectivity index (χ3v) is 6.56. The summed E-state index contributed by atoms with van der Waals surface area (Å²) in [6.45, 7) is 13.8. The third kappa shape index (κ3) is 10.7. The van der Waals surface area contributed by atoms with Gasteiger partial charge < -0.3 is 10.1 Å². The minimum absolute atomic E-state index is 0.353. The molecule has 4 nitrogen and oxygen atoms in total. The Morgan fingerprint density at radius 1 is 0.971 bits per heavy atom. The molecule has 0 spiro atoms. The van der Waals surface area contributed by atoms with E-state index < -0.39 is 5.54 Å². The van der Waals surface area contributed by atoms with Crippen LogP contribution in [0.4, 0.5) is 4.79 Å². The standard InChI is InChI=1S/C31H46N2O2/c1-6-18-29-21-13-15-23-33(29)22-14-11-9-7-8-10-12-16-24-35-30(34)32-31(4,5)28-20-17-19-27(25-28)26(2)3/h13,15,17,19-21,23,25H,2,6-12,14,16,18,22,24H2,1,3-5H3/p+1. The first-order valence-corrected chi connectivity index (χ1v) is 13.5. The fourth-order valence-corrected chi connectivity index (χ4v) is 4.36. The van der Waals surface area contributed by atoms with E-state index in [0.29, 0.717) is 6.61 Å². The van der Waals surface area contributed by atoms with E-state index in [1.165, 1.54) is 50.6 Å². The molecule has 2 rings (SSSR count). The number of nitrogens with one attached hydrogen (secondary N) is 1. The van der Waals surface area contributed by atoms with Crippen LogP contribution in [-0.4, -0.2) is 12.7 Å². The molecule has 0 aliphatic heterocycles. The number of alkyl carbamates (subject to hydrolysis) is 1. The summed E-state index contributed by atoms with van der Waals surface area (Å²) < 4.78 is 7.85. The molecule has 0 unspecified atom stereocenters. The van der Waals surface area contributed by atoms with Crippen LogP contribution in [0, 0.1) is 0 Å². The molecule has 0 aliphatic rings. The van der Waals surface area contributed by atoms with Crippen molar-refractivity contribution in [3.05, 3.63) is 72.1 Å². The summed E-state index contributed by atoms with van der Waals surface area (Å²) in [6, 6.07) is 14.7. The van der Waals surface area contributed by atoms with Gasteiger partial charge in [-0.05, 0) is 57.2 Å². The van der Waals surface area contributed by atoms with Crippen LogP contribution < -0.4 is 9.88 Å². The van der Waals surface area contributed by atoms with Crippen LogP contribution in [-0.2, 0) is 23.2 Å². The average Bonchev–Trinajstić information content (AvgIpc) is 2.83. The van der Waals surface area contributed by atoms with Gasteiger partial charge in [0.2, 0.25) is 0 Å². The van der Waals surface area contributed by atoms with Gasteiger partial charge >= 0.3 is 6.09 Å². The lowest BCUT2D eigenvalue weighted by molar-refractivity contribution is -0.704. The lowest BCUT2D eigenvalue weighted by atomic mass is 9.92. The zero-order valence-corrected chi connectivity index (χ0v) is 22.6. The minimum atomic E-state index is -0.501. The van der Waals surface area contributed by atoms with Crippen LogP contribution in [0.15, 0.2) is 55.2 Å². The number of amides is 1. The van der Waals surface area contributed by atoms with Crippen LogP contribution in [0.2, 0.25) is 0 Å². The molecule has 2 aromatic rings. The number of rotatable bonds is 16. The molecule has 1 N–H and O–H groups in total. The van der Waals surface area contributed by atoms with Gasteiger partial charge in [-0.2, -0.15) is 0 Å². The maximum absolute atomic E-state index is 12.3. The van der Waals surface area contributed by atoms with Crippen molar-refractivity contribution in [3.8, 4) is 0 Å². The second kappa shape index (κ2) is 15.4. The molecule has 1 aromatic heterocycles. The topological polar surface area (TPSA) is 42.2 Å². The summed E-state index contributed by atoms with van der Waals surface area (Å²) in [4.78, 5) is 12.3. The first kappa shape index (κ1) is 28.6. The molecular formula is C31H47N2O2+. The first-order chi connectivity index (χ1) is 16.8. The summed E-state index contributed by atoms with van der Waals surface area (Å²) >= 11 is 0. The highest BCUT2D eigenvalue weighted by atomic mass is 16.5. The van der Waals surface area contributed by atoms with E-state index in [0.717, 1.165) is 42.5 Å². The quantitative estimate of drug-likeness (QED) is 0.198. The molecule has 0 aliphatic carbocycles. The van der Waals surface area contributed by atoms with Crippen LogP contribution in [0.3, 0.4) is 0 Å². The van der Waals surface area contributed by atoms with Crippen molar-refractivity contribution >= 4 is 11.7 Å². The number of ether oxygens (including phenoxy) is 1. The normalized spacial score (nSPS) is 11.3. The van der Waals surface area contributed by atoms with Crippen molar-refractivity contribution in [1.82, 2.24) is 5.32 Å². The third-order valence-electron chi connectivity index (χ3n) is 6.56. The highest BCUT2D eigenvalue weighted by Gasteiger charge is 2.23. The van der Waals surface area contributed by atoms with Gasteiger partial charge in [-0.15, -0.1) is 0 Å². The number of carbonyl (C=O) groups excluding carboxylic acids is 1. The van der Waals surface area contributed by atoms with Crippen LogP contribution in [0.25, 0.3) is 5.57 Å². The zero-order chi connectivity index (χ0) is 25.5. The number of unbranched alkanes of at least 4 members (excludes halogenated alkanes) is 7. The van der Waals surface area contributed by atoms with Gasteiger partial charge in [-0.3, -0.25) is 0 Å². The van der Waals surface area contributed by atoms with E-state index in [1.807, 2.05) is 39.0 Å². The zero-order valence-electron chi connectivity index (χ0n) is 22.6. The molecule has 0 bridgehead atoms. The van der Waals surface area contributed by atoms with Crippen LogP contribution >= 0.6 is 0 Å². The van der Waals surface area contributed by atoms with Crippen LogP contribution in [0.5, 0.6) is 0 Å². The Kier molecular flexibility index (Phi) is 12.6. The van der Waals surface area contributed by atoms with Crippen molar-refractivity contribution in [2.75, 3.05) is 6.61 Å². The smallest absolute Gasteiger partial charge is 0.407 e. The lowest BCUT2D eigenvalue weighted by Gasteiger charge is -2.27. The Labute approximate surface area is 213 Å². The van der Waals surface area contributed by atoms with Gasteiger partial charge in [0, 0.05) is 25.0 Å². The predicted molar refractivity (Wildman–Crippen MR) is 146 cm³/mol. The Balaban J connectivity index is 1.51. The number of pyridine rings is 1. The van der Waals surface area contributed by atoms with E-state index in [2.05, 4.69) is 53.8 Å². The maximum atomic E-state index is 12.3. The van der Waals surface area contributed by atoms with Gasteiger partial charge in [0.25, 0.3) is 0 Å². The number of nitrogens with zero attached hydrogens (tertiary/aromatic N) is 1. The summed E-state index contributed by atoms with van der Waals surface area (Å²) in [7, 11) is 0. The second-order valence-electron chi connectivity index (χ2n) is 10.2. The van der Waals surface area contributed by atoms with Gasteiger partial charge in [0.1, 0.15) is 6.54 Å². The monoisotopic (exact) mass is 479 g/mol. The average molecular weight is 480 g/mol. The van der Waals surface area contributed by atoms with Crippen molar-refractivity contribution in [3.63, 3.8) is 0 Å². The predicted octanol–water partition coefficient (Wildman–Crippen LogP) is 7.74. The molecule has 1 aromatic carbocycles. The molecule has 0 saturated heterocycles. The number of hydrogen-bond donors (Lipinski definition) is 1. The Bertz CT molecular complexity index is 920. The Hall–Kier alpha value is -2.62. The molecule has 35 heavy (non-hydrogen) atoms. The number of benzene rings is 1. The fraction of sp³-hybridized carbons (Fsp3) is 0.548. The van der Waals surface area contributed by atoms with Gasteiger partial charge in [0.05, 0.1) is 12.1 Å². The van der Waals surface area contributed by atoms with Gasteiger partial charge in [-0.25, -0.2) is 9.36 Å². The number of hydrogen-bond acceptors (Lipinski definition) is 2. The molecule has 0 fully saturated rings. The summed E-state index contributed by atoms with van der Waals surface area (Å²) in [5.41, 5.74) is 4.09. The molecule has 192 valence electrons. The van der Waals surface area contributed by atoms with E-state index in [-0.39, 0.29) is 6.09 Å². The minimum Gasteiger partial charge on any atom is -0.450 e. The van der Waals surface area contributed by atoms with Gasteiger partial charge in [0.15, 0.2) is 11.9 Å². The largest absolute Gasteiger partial charge is 0.450 e. The summed E-state index contributed by atoms with van der Waals surface area (Å²) in [6.07, 6.45) is 13.9. The highest BCUT2D eigenvalue weighted by Crippen LogP contribution is 2.23. The van der Waals surface area contributed by atoms with E-state index in [4.69, 9.17) is 4.74 Å². The summed E-state index contributed by atoms with van der Waals surface area (Å²) in [5.74, 6) is 0. The van der Waals surface area contributed by atoms with Crippen molar-refractivity contribution in [1.29, 1.82) is 0 Å². The second-order valence-corrected chi connectivity index (χ2v) is 10.2. The molecule has 4 heteroatoms. The van der Waals surface area contributed by atoms with Crippen molar-refractivity contribution in [2.24, 2.45) is 0 Å². The first-order valence-electron chi connectivity index (χ1n) is 13.5. The van der Waals surface area contributed by atoms with E-state index in [1.54, 1.807) is 0 Å². The highest BCUT2D eigenvalue weighted by molar-refractivity contribution is 5.69. The van der Waals surface area contributed by atoms with Crippen molar-refractivity contribution in [2.45, 2.75) is 104 Å². The molecular weight excluding hydrogens is 432 g/mol. The molecule has 0 radical (unpaired) electrons. The Morgan fingerprint density at radius 3 is 2.34 bits per heavy atom. The summed E-state index contributed by atoms with van der Waals surface area (Å²) in [5, 5.41) is 3.00. The number of aryl methyl sites for hydroxylation is 2.